The molecule has 0 radical (unpaired) electrons. The minimum absolute atomic E-state index is 0.0482. The predicted molar refractivity (Wildman–Crippen MR) is 133 cm³/mol. The summed E-state index contributed by atoms with van der Waals surface area (Å²) in [6, 6.07) is 19.0. The van der Waals surface area contributed by atoms with E-state index in [0.717, 1.165) is 11.1 Å². The Morgan fingerprint density at radius 3 is 1.46 bits per heavy atom. The van der Waals surface area contributed by atoms with Crippen molar-refractivity contribution in [1.29, 1.82) is 0 Å². The molecule has 0 unspecified atom stereocenters. The van der Waals surface area contributed by atoms with Gasteiger partial charge in [0.1, 0.15) is 13.2 Å². The molecule has 192 valence electrons. The standard InChI is InChI=1S/C14H18O4.C14H20O3/c1-14(2,8-12(15)16)9-13(17)18-10-11-6-4-3-5-7-11;1-14(2,8-9-15)10-13(16)17-11-12-6-4-3-5-7-12/h3-7H,8-10H2,1-2H3,(H,15,16);3-7,15H,8-11H2,1-2H3. The summed E-state index contributed by atoms with van der Waals surface area (Å²) in [4.78, 5) is 33.8. The molecular formula is C28H38O7. The molecule has 0 atom stereocenters. The van der Waals surface area contributed by atoms with Crippen LogP contribution in [0.4, 0.5) is 0 Å². The first kappa shape index (κ1) is 29.8. The lowest BCUT2D eigenvalue weighted by Gasteiger charge is -2.22. The van der Waals surface area contributed by atoms with E-state index in [1.54, 1.807) is 13.8 Å². The minimum Gasteiger partial charge on any atom is -0.481 e. The molecule has 2 aromatic carbocycles. The van der Waals surface area contributed by atoms with Gasteiger partial charge in [0, 0.05) is 6.61 Å². The van der Waals surface area contributed by atoms with Gasteiger partial charge in [0.15, 0.2) is 0 Å². The van der Waals surface area contributed by atoms with E-state index >= 15 is 0 Å². The smallest absolute Gasteiger partial charge is 0.306 e. The Morgan fingerprint density at radius 2 is 1.09 bits per heavy atom. The van der Waals surface area contributed by atoms with Crippen molar-refractivity contribution in [3.63, 3.8) is 0 Å². The number of hydrogen-bond donors (Lipinski definition) is 2. The number of carboxylic acid groups (broad SMARTS) is 1. The highest BCUT2D eigenvalue weighted by Crippen LogP contribution is 2.26. The second-order valence-corrected chi connectivity index (χ2v) is 10.0. The Hall–Kier alpha value is -3.19. The van der Waals surface area contributed by atoms with Gasteiger partial charge in [0.25, 0.3) is 0 Å². The van der Waals surface area contributed by atoms with Gasteiger partial charge in [-0.3, -0.25) is 14.4 Å². The second kappa shape index (κ2) is 14.9. The van der Waals surface area contributed by atoms with Crippen molar-refractivity contribution in [3.8, 4) is 0 Å². The zero-order valence-electron chi connectivity index (χ0n) is 21.2. The summed E-state index contributed by atoms with van der Waals surface area (Å²) in [6.07, 6.45) is 0.993. The van der Waals surface area contributed by atoms with Gasteiger partial charge in [0.05, 0.1) is 19.3 Å². The molecule has 0 aromatic heterocycles. The van der Waals surface area contributed by atoms with E-state index in [0.29, 0.717) is 19.4 Å². The molecule has 0 aliphatic heterocycles. The number of carbonyl (C=O) groups is 3. The fourth-order valence-electron chi connectivity index (χ4n) is 3.22. The van der Waals surface area contributed by atoms with Crippen LogP contribution < -0.4 is 0 Å². The Kier molecular flexibility index (Phi) is 12.7. The summed E-state index contributed by atoms with van der Waals surface area (Å²) < 4.78 is 10.3. The third kappa shape index (κ3) is 14.6. The molecule has 0 aliphatic rings. The Balaban J connectivity index is 0.000000351. The van der Waals surface area contributed by atoms with Crippen molar-refractivity contribution in [1.82, 2.24) is 0 Å². The predicted octanol–water partition coefficient (Wildman–Crippen LogP) is 5.15. The molecule has 7 nitrogen and oxygen atoms in total. The molecule has 2 N–H and O–H groups in total. The van der Waals surface area contributed by atoms with Crippen molar-refractivity contribution in [2.24, 2.45) is 10.8 Å². The molecule has 35 heavy (non-hydrogen) atoms. The lowest BCUT2D eigenvalue weighted by atomic mass is 9.86. The van der Waals surface area contributed by atoms with Crippen LogP contribution in [0.2, 0.25) is 0 Å². The average molecular weight is 487 g/mol. The number of carbonyl (C=O) groups excluding carboxylic acids is 2. The normalized spacial score (nSPS) is 11.1. The number of hydrogen-bond acceptors (Lipinski definition) is 6. The van der Waals surface area contributed by atoms with Crippen LogP contribution in [0.25, 0.3) is 0 Å². The molecule has 2 aromatic rings. The highest BCUT2D eigenvalue weighted by molar-refractivity contribution is 5.73. The molecule has 0 heterocycles. The van der Waals surface area contributed by atoms with E-state index in [2.05, 4.69) is 0 Å². The Bertz CT molecular complexity index is 905. The maximum atomic E-state index is 11.6. The summed E-state index contributed by atoms with van der Waals surface area (Å²) in [5.74, 6) is -1.49. The average Bonchev–Trinajstić information content (AvgIpc) is 2.76. The summed E-state index contributed by atoms with van der Waals surface area (Å²) in [6.45, 7) is 8.02. The third-order valence-corrected chi connectivity index (χ3v) is 5.15. The van der Waals surface area contributed by atoms with Gasteiger partial charge in [0.2, 0.25) is 0 Å². The monoisotopic (exact) mass is 486 g/mol. The number of aliphatic hydroxyl groups is 1. The van der Waals surface area contributed by atoms with Crippen LogP contribution >= 0.6 is 0 Å². The first-order chi connectivity index (χ1) is 16.4. The molecule has 0 spiro atoms. The number of esters is 2. The van der Waals surface area contributed by atoms with E-state index in [1.165, 1.54) is 0 Å². The Labute approximate surface area is 208 Å². The highest BCUT2D eigenvalue weighted by atomic mass is 16.5. The molecule has 0 saturated heterocycles. The maximum absolute atomic E-state index is 11.6. The van der Waals surface area contributed by atoms with Crippen LogP contribution in [0, 0.1) is 10.8 Å². The molecule has 0 amide bonds. The van der Waals surface area contributed by atoms with E-state index < -0.39 is 11.4 Å². The topological polar surface area (TPSA) is 110 Å². The van der Waals surface area contributed by atoms with E-state index in [4.69, 9.17) is 19.7 Å². The second-order valence-electron chi connectivity index (χ2n) is 10.0. The summed E-state index contributed by atoms with van der Waals surface area (Å²) in [7, 11) is 0. The molecule has 0 aliphatic carbocycles. The van der Waals surface area contributed by atoms with Crippen LogP contribution in [0.15, 0.2) is 60.7 Å². The molecule has 7 heteroatoms. The van der Waals surface area contributed by atoms with Crippen molar-refractivity contribution in [2.75, 3.05) is 6.61 Å². The molecule has 0 bridgehead atoms. The van der Waals surface area contributed by atoms with Crippen LogP contribution in [0.5, 0.6) is 0 Å². The molecule has 0 saturated carbocycles. The fourth-order valence-corrected chi connectivity index (χ4v) is 3.22. The minimum atomic E-state index is -0.907. The van der Waals surface area contributed by atoms with Gasteiger partial charge in [-0.25, -0.2) is 0 Å². The van der Waals surface area contributed by atoms with Gasteiger partial charge in [-0.15, -0.1) is 0 Å². The van der Waals surface area contributed by atoms with Crippen LogP contribution in [-0.2, 0) is 37.1 Å². The van der Waals surface area contributed by atoms with Crippen molar-refractivity contribution in [3.05, 3.63) is 71.8 Å². The summed E-state index contributed by atoms with van der Waals surface area (Å²) in [5.41, 5.74) is 1.12. The van der Waals surface area contributed by atoms with Crippen molar-refractivity contribution in [2.45, 2.75) is 66.6 Å². The zero-order chi connectivity index (χ0) is 26.3. The number of aliphatic hydroxyl groups excluding tert-OH is 1. The van der Waals surface area contributed by atoms with Crippen molar-refractivity contribution >= 4 is 17.9 Å². The fraction of sp³-hybridized carbons (Fsp3) is 0.464. The highest BCUT2D eigenvalue weighted by Gasteiger charge is 2.26. The van der Waals surface area contributed by atoms with Gasteiger partial charge < -0.3 is 19.7 Å². The summed E-state index contributed by atoms with van der Waals surface area (Å²) in [5, 5.41) is 17.6. The quantitative estimate of drug-likeness (QED) is 0.399. The number of rotatable bonds is 12. The zero-order valence-corrected chi connectivity index (χ0v) is 21.2. The van der Waals surface area contributed by atoms with Gasteiger partial charge in [-0.2, -0.15) is 0 Å². The van der Waals surface area contributed by atoms with Gasteiger partial charge in [-0.05, 0) is 28.4 Å². The first-order valence-corrected chi connectivity index (χ1v) is 11.6. The van der Waals surface area contributed by atoms with Crippen molar-refractivity contribution < 1.29 is 34.1 Å². The number of benzene rings is 2. The molecule has 0 fully saturated rings. The van der Waals surface area contributed by atoms with Gasteiger partial charge in [-0.1, -0.05) is 88.4 Å². The summed E-state index contributed by atoms with van der Waals surface area (Å²) >= 11 is 0. The lowest BCUT2D eigenvalue weighted by molar-refractivity contribution is -0.149. The molecular weight excluding hydrogens is 448 g/mol. The first-order valence-electron chi connectivity index (χ1n) is 11.6. The SMILES string of the molecule is CC(C)(CC(=O)O)CC(=O)OCc1ccccc1.CC(C)(CCO)CC(=O)OCc1ccccc1. The number of carboxylic acids is 1. The number of aliphatic carboxylic acids is 1. The third-order valence-electron chi connectivity index (χ3n) is 5.15. The maximum Gasteiger partial charge on any atom is 0.306 e. The lowest BCUT2D eigenvalue weighted by Crippen LogP contribution is -2.22. The van der Waals surface area contributed by atoms with Crippen LogP contribution in [-0.4, -0.2) is 34.7 Å². The Morgan fingerprint density at radius 1 is 0.686 bits per heavy atom. The molecule has 2 rings (SSSR count). The van der Waals surface area contributed by atoms with E-state index in [1.807, 2.05) is 74.5 Å². The largest absolute Gasteiger partial charge is 0.481 e. The van der Waals surface area contributed by atoms with E-state index in [9.17, 15) is 14.4 Å². The van der Waals surface area contributed by atoms with Gasteiger partial charge >= 0.3 is 17.9 Å². The number of ether oxygens (including phenoxy) is 2. The van der Waals surface area contributed by atoms with Crippen LogP contribution in [0.1, 0.15) is 64.5 Å². The van der Waals surface area contributed by atoms with E-state index in [-0.39, 0.29) is 43.4 Å². The van der Waals surface area contributed by atoms with Crippen LogP contribution in [0.3, 0.4) is 0 Å².